The highest BCUT2D eigenvalue weighted by molar-refractivity contribution is 5.45. The average Bonchev–Trinajstić information content (AvgIpc) is 2.40. The molecule has 0 radical (unpaired) electrons. The normalized spacial score (nSPS) is 7.28. The minimum Gasteiger partial charge on any atom is -0.193 e. The zero-order valence-corrected chi connectivity index (χ0v) is 9.41. The quantitative estimate of drug-likeness (QED) is 0.512. The second-order valence-electron chi connectivity index (χ2n) is 2.47. The minimum atomic E-state index is -2.91. The molecule has 0 bridgehead atoms. The van der Waals surface area contributed by atoms with Crippen molar-refractivity contribution < 1.29 is 17.6 Å². The zero-order valence-electron chi connectivity index (χ0n) is 9.41. The van der Waals surface area contributed by atoms with Crippen LogP contribution in [0.15, 0.2) is 61.7 Å². The van der Waals surface area contributed by atoms with E-state index in [0.717, 1.165) is 0 Å². The van der Waals surface area contributed by atoms with Crippen molar-refractivity contribution in [3.8, 4) is 6.07 Å². The van der Waals surface area contributed by atoms with E-state index in [1.165, 1.54) is 11.6 Å². The molecule has 96 valence electrons. The van der Waals surface area contributed by atoms with Crippen LogP contribution >= 0.6 is 0 Å². The van der Waals surface area contributed by atoms with Gasteiger partial charge in [-0.25, -0.2) is 0 Å². The van der Waals surface area contributed by atoms with Crippen LogP contribution in [0.1, 0.15) is 5.56 Å². The third kappa shape index (κ3) is 13.7. The van der Waals surface area contributed by atoms with E-state index in [1.807, 2.05) is 36.4 Å². The van der Waals surface area contributed by atoms with Crippen LogP contribution < -0.4 is 0 Å². The maximum Gasteiger partial charge on any atom is 0.334 e. The van der Waals surface area contributed by atoms with Gasteiger partial charge >= 0.3 is 12.2 Å². The van der Waals surface area contributed by atoms with Gasteiger partial charge in [0, 0.05) is 6.08 Å². The Morgan fingerprint density at radius 3 is 1.56 bits per heavy atom. The number of hydrogen-bond donors (Lipinski definition) is 0. The summed E-state index contributed by atoms with van der Waals surface area (Å²) in [4.78, 5) is 0. The van der Waals surface area contributed by atoms with Crippen molar-refractivity contribution in [3.63, 3.8) is 0 Å². The van der Waals surface area contributed by atoms with E-state index < -0.39 is 12.2 Å². The lowest BCUT2D eigenvalue weighted by molar-refractivity contribution is 0.308. The Kier molecular flexibility index (Phi) is 12.7. The molecule has 0 saturated heterocycles. The average molecular weight is 257 g/mol. The summed E-state index contributed by atoms with van der Waals surface area (Å²) in [5.74, 6) is 0. The number of benzene rings is 1. The van der Waals surface area contributed by atoms with Gasteiger partial charge < -0.3 is 0 Å². The van der Waals surface area contributed by atoms with Gasteiger partial charge in [-0.2, -0.15) is 22.8 Å². The van der Waals surface area contributed by atoms with E-state index in [2.05, 4.69) is 13.2 Å². The van der Waals surface area contributed by atoms with E-state index in [0.29, 0.717) is 0 Å². The monoisotopic (exact) mass is 257 g/mol. The summed E-state index contributed by atoms with van der Waals surface area (Å²) in [5, 5.41) is 7.51. The summed E-state index contributed by atoms with van der Waals surface area (Å²) in [6, 6.07) is 11.7. The van der Waals surface area contributed by atoms with Gasteiger partial charge in [0.15, 0.2) is 0 Å². The van der Waals surface area contributed by atoms with E-state index in [-0.39, 0.29) is 0 Å². The molecular weight excluding hydrogens is 246 g/mol. The molecule has 0 N–H and O–H groups in total. The second-order valence-corrected chi connectivity index (χ2v) is 2.47. The van der Waals surface area contributed by atoms with Crippen molar-refractivity contribution >= 4 is 6.08 Å². The van der Waals surface area contributed by atoms with E-state index in [1.54, 1.807) is 6.07 Å². The van der Waals surface area contributed by atoms with Crippen LogP contribution in [-0.2, 0) is 0 Å². The van der Waals surface area contributed by atoms with Gasteiger partial charge in [-0.15, -0.1) is 0 Å². The summed E-state index contributed by atoms with van der Waals surface area (Å²) in [5.41, 5.74) is 1.17. The second kappa shape index (κ2) is 12.7. The number of hydrogen-bond acceptors (Lipinski definition) is 1. The molecule has 0 heterocycles. The molecule has 0 aliphatic heterocycles. The molecule has 5 heteroatoms. The maximum absolute atomic E-state index is 10.3. The topological polar surface area (TPSA) is 23.8 Å². The van der Waals surface area contributed by atoms with Crippen molar-refractivity contribution in [2.24, 2.45) is 0 Å². The minimum absolute atomic E-state index is 1.17. The number of halogens is 4. The van der Waals surface area contributed by atoms with Crippen LogP contribution in [0.2, 0.25) is 0 Å². The van der Waals surface area contributed by atoms with Crippen molar-refractivity contribution in [2.75, 3.05) is 0 Å². The Morgan fingerprint density at radius 2 is 1.39 bits per heavy atom. The SMILES string of the molecule is C=CC#N.C=Cc1ccccc1.FC(F)=C(F)F. The van der Waals surface area contributed by atoms with Crippen LogP contribution in [0.25, 0.3) is 6.08 Å². The van der Waals surface area contributed by atoms with Gasteiger partial charge in [0.25, 0.3) is 0 Å². The van der Waals surface area contributed by atoms with Crippen LogP contribution in [0.5, 0.6) is 0 Å². The van der Waals surface area contributed by atoms with E-state index >= 15 is 0 Å². The Hall–Kier alpha value is -2.35. The lowest BCUT2D eigenvalue weighted by atomic mass is 10.2. The van der Waals surface area contributed by atoms with E-state index in [4.69, 9.17) is 5.26 Å². The Balaban J connectivity index is 0. The van der Waals surface area contributed by atoms with Crippen molar-refractivity contribution in [3.05, 3.63) is 67.3 Å². The lowest BCUT2D eigenvalue weighted by Gasteiger charge is -1.85. The Morgan fingerprint density at radius 1 is 1.00 bits per heavy atom. The predicted molar refractivity (Wildman–Crippen MR) is 63.8 cm³/mol. The molecular formula is C13H11F4N. The number of nitrogens with zero attached hydrogens (tertiary/aromatic N) is 1. The summed E-state index contributed by atoms with van der Waals surface area (Å²) in [7, 11) is 0. The molecule has 0 atom stereocenters. The summed E-state index contributed by atoms with van der Waals surface area (Å²) < 4.78 is 41.1. The standard InChI is InChI=1S/C8H8.C3H3N.C2F4/c1-2-8-6-4-3-5-7-8;1-2-3-4;3-1(4)2(5)6/h2-7H,1H2;2H,1H2;. The van der Waals surface area contributed by atoms with Gasteiger partial charge in [0.2, 0.25) is 0 Å². The fourth-order valence-corrected chi connectivity index (χ4v) is 0.589. The molecule has 18 heavy (non-hydrogen) atoms. The fraction of sp³-hybridized carbons (Fsp3) is 0. The molecule has 0 aliphatic rings. The summed E-state index contributed by atoms with van der Waals surface area (Å²) in [6.07, 6.45) is -2.80. The van der Waals surface area contributed by atoms with Gasteiger partial charge in [-0.05, 0) is 5.56 Å². The molecule has 1 aromatic carbocycles. The molecule has 0 spiro atoms. The van der Waals surface area contributed by atoms with Crippen molar-refractivity contribution in [1.82, 2.24) is 0 Å². The number of allylic oxidation sites excluding steroid dienone is 1. The van der Waals surface area contributed by atoms with Crippen LogP contribution in [0.4, 0.5) is 17.6 Å². The first-order valence-electron chi connectivity index (χ1n) is 4.53. The highest BCUT2D eigenvalue weighted by Crippen LogP contribution is 2.08. The molecule has 0 aromatic heterocycles. The Bertz CT molecular complexity index is 400. The molecule has 0 saturated carbocycles. The largest absolute Gasteiger partial charge is 0.334 e. The third-order valence-corrected chi connectivity index (χ3v) is 1.27. The first-order valence-corrected chi connectivity index (χ1v) is 4.53. The molecule has 0 unspecified atom stereocenters. The van der Waals surface area contributed by atoms with Crippen molar-refractivity contribution in [2.45, 2.75) is 0 Å². The van der Waals surface area contributed by atoms with Gasteiger partial charge in [0.05, 0.1) is 6.07 Å². The smallest absolute Gasteiger partial charge is 0.193 e. The highest BCUT2D eigenvalue weighted by Gasteiger charge is 1.98. The van der Waals surface area contributed by atoms with E-state index in [9.17, 15) is 17.6 Å². The summed E-state index contributed by atoms with van der Waals surface area (Å²) in [6.45, 7) is 6.75. The van der Waals surface area contributed by atoms with Gasteiger partial charge in [-0.3, -0.25) is 0 Å². The molecule has 1 aromatic rings. The zero-order chi connectivity index (χ0) is 14.4. The highest BCUT2D eigenvalue weighted by atomic mass is 19.3. The predicted octanol–water partition coefficient (Wildman–Crippen LogP) is 5.02. The van der Waals surface area contributed by atoms with Gasteiger partial charge in [-0.1, -0.05) is 49.6 Å². The number of nitriles is 1. The van der Waals surface area contributed by atoms with Gasteiger partial charge in [0.1, 0.15) is 0 Å². The molecule has 0 amide bonds. The first kappa shape index (κ1) is 18.0. The first-order chi connectivity index (χ1) is 8.49. The molecule has 1 nitrogen and oxygen atoms in total. The maximum atomic E-state index is 10.3. The molecule has 0 aliphatic carbocycles. The molecule has 1 rings (SSSR count). The summed E-state index contributed by atoms with van der Waals surface area (Å²) >= 11 is 0. The fourth-order valence-electron chi connectivity index (χ4n) is 0.589. The number of rotatable bonds is 1. The van der Waals surface area contributed by atoms with Crippen LogP contribution in [-0.4, -0.2) is 0 Å². The van der Waals surface area contributed by atoms with Crippen LogP contribution in [0.3, 0.4) is 0 Å². The van der Waals surface area contributed by atoms with Crippen LogP contribution in [0, 0.1) is 11.3 Å². The third-order valence-electron chi connectivity index (χ3n) is 1.27. The Labute approximate surface area is 103 Å². The van der Waals surface area contributed by atoms with Crippen molar-refractivity contribution in [1.29, 1.82) is 5.26 Å². The lowest BCUT2D eigenvalue weighted by Crippen LogP contribution is -1.63. The molecule has 0 fully saturated rings.